The first kappa shape index (κ1) is 23.1. The van der Waals surface area contributed by atoms with E-state index in [1.165, 1.54) is 5.56 Å². The number of hydrogen-bond acceptors (Lipinski definition) is 5. The van der Waals surface area contributed by atoms with Gasteiger partial charge in [0.1, 0.15) is 0 Å². The molecule has 1 aliphatic rings. The Morgan fingerprint density at radius 3 is 2.53 bits per heavy atom. The molecule has 7 nitrogen and oxygen atoms in total. The zero-order valence-electron chi connectivity index (χ0n) is 20.7. The van der Waals surface area contributed by atoms with E-state index in [0.29, 0.717) is 5.92 Å². The van der Waals surface area contributed by atoms with Crippen molar-refractivity contribution < 1.29 is 8.95 Å². The zero-order valence-corrected chi connectivity index (χ0v) is 21.5. The minimum absolute atomic E-state index is 0.0958. The first-order valence-electron chi connectivity index (χ1n) is 12.3. The molecule has 6 rings (SSSR count). The summed E-state index contributed by atoms with van der Waals surface area (Å²) in [5.41, 5.74) is 7.13. The van der Waals surface area contributed by atoms with Gasteiger partial charge in [-0.3, -0.25) is 9.19 Å². The lowest BCUT2D eigenvalue weighted by molar-refractivity contribution is 0.0553. The van der Waals surface area contributed by atoms with Crippen LogP contribution >= 0.6 is 0 Å². The lowest BCUT2D eigenvalue weighted by Crippen LogP contribution is -2.26. The molecule has 1 aliphatic heterocycles. The molecule has 8 heteroatoms. The van der Waals surface area contributed by atoms with E-state index >= 15 is 0 Å². The largest absolute Gasteiger partial charge is 0.381 e. The molecule has 2 aromatic carbocycles. The second kappa shape index (κ2) is 9.26. The van der Waals surface area contributed by atoms with Crippen molar-refractivity contribution in [1.29, 1.82) is 0 Å². The predicted octanol–water partition coefficient (Wildman–Crippen LogP) is 5.05. The van der Waals surface area contributed by atoms with Gasteiger partial charge in [-0.25, -0.2) is 4.68 Å². The third-order valence-electron chi connectivity index (χ3n) is 7.34. The smallest absolute Gasteiger partial charge is 0.0960 e. The first-order chi connectivity index (χ1) is 17.5. The fourth-order valence-corrected chi connectivity index (χ4v) is 6.20. The zero-order chi connectivity index (χ0) is 24.8. The van der Waals surface area contributed by atoms with Crippen LogP contribution in [0.5, 0.6) is 0 Å². The van der Waals surface area contributed by atoms with Crippen LogP contribution in [0.2, 0.25) is 0 Å². The van der Waals surface area contributed by atoms with Gasteiger partial charge in [0.15, 0.2) is 0 Å². The fraction of sp³-hybridized carbons (Fsp3) is 0.321. The van der Waals surface area contributed by atoms with Gasteiger partial charge in [-0.05, 0) is 55.5 Å². The highest BCUT2D eigenvalue weighted by atomic mass is 32.2. The minimum Gasteiger partial charge on any atom is -0.381 e. The molecule has 4 heterocycles. The van der Waals surface area contributed by atoms with Crippen molar-refractivity contribution >= 4 is 32.7 Å². The van der Waals surface area contributed by atoms with Crippen LogP contribution in [0, 0.1) is 12.8 Å². The van der Waals surface area contributed by atoms with Gasteiger partial charge in [-0.2, -0.15) is 0 Å². The topological polar surface area (TPSA) is 74.8 Å². The van der Waals surface area contributed by atoms with Crippen LogP contribution in [0.3, 0.4) is 0 Å². The maximum absolute atomic E-state index is 12.5. The highest BCUT2D eigenvalue weighted by Crippen LogP contribution is 2.41. The second-order valence-corrected chi connectivity index (χ2v) is 10.9. The molecule has 0 unspecified atom stereocenters. The van der Waals surface area contributed by atoms with Gasteiger partial charge < -0.3 is 9.30 Å². The molecule has 1 saturated heterocycles. The summed E-state index contributed by atoms with van der Waals surface area (Å²) in [5, 5.41) is 9.53. The Morgan fingerprint density at radius 2 is 1.83 bits per heavy atom. The molecular weight excluding hydrogens is 470 g/mol. The Morgan fingerprint density at radius 1 is 1.06 bits per heavy atom. The lowest BCUT2D eigenvalue weighted by Gasteiger charge is -2.33. The summed E-state index contributed by atoms with van der Waals surface area (Å²) in [5.74, 6) is 0.402. The van der Waals surface area contributed by atoms with Crippen LogP contribution in [-0.2, 0) is 22.6 Å². The number of pyridine rings is 1. The number of aromatic nitrogens is 5. The Hall–Kier alpha value is -3.36. The third-order valence-corrected chi connectivity index (χ3v) is 8.26. The van der Waals surface area contributed by atoms with Gasteiger partial charge in [-0.1, -0.05) is 35.5 Å². The standard InChI is InChI=1S/C28H29N5O2S/c1-18-27(32(2)31-30-18)21-15-25-26(29-17-21)23-10-9-22(36(3)34)16-24(23)33(25)28(19-7-5-4-6-8-19)20-11-13-35-14-12-20/h4-10,15-17,20,28H,11-14H2,1-3H3/t28-,36+/m1/s1. The summed E-state index contributed by atoms with van der Waals surface area (Å²) in [7, 11) is 0.824. The first-order valence-corrected chi connectivity index (χ1v) is 13.8. The Kier molecular flexibility index (Phi) is 5.93. The van der Waals surface area contributed by atoms with E-state index in [-0.39, 0.29) is 6.04 Å². The molecule has 36 heavy (non-hydrogen) atoms. The monoisotopic (exact) mass is 499 g/mol. The molecule has 0 saturated carbocycles. The molecule has 2 atom stereocenters. The summed E-state index contributed by atoms with van der Waals surface area (Å²) in [4.78, 5) is 5.79. The number of nitrogens with zero attached hydrogens (tertiary/aromatic N) is 5. The minimum atomic E-state index is -1.09. The van der Waals surface area contributed by atoms with Gasteiger partial charge in [0, 0.05) is 59.4 Å². The van der Waals surface area contributed by atoms with E-state index < -0.39 is 10.8 Å². The number of ether oxygens (including phenoxy) is 1. The molecule has 3 aromatic heterocycles. The van der Waals surface area contributed by atoms with Crippen LogP contribution < -0.4 is 0 Å². The van der Waals surface area contributed by atoms with Crippen LogP contribution in [-0.4, -0.2) is 48.2 Å². The summed E-state index contributed by atoms with van der Waals surface area (Å²) in [6.45, 7) is 3.50. The molecule has 5 aromatic rings. The van der Waals surface area contributed by atoms with E-state index in [9.17, 15) is 4.21 Å². The second-order valence-electron chi connectivity index (χ2n) is 9.55. The number of rotatable bonds is 5. The Bertz CT molecular complexity index is 1560. The van der Waals surface area contributed by atoms with Crippen molar-refractivity contribution in [3.05, 3.63) is 72.1 Å². The van der Waals surface area contributed by atoms with Crippen LogP contribution in [0.15, 0.2) is 65.7 Å². The van der Waals surface area contributed by atoms with Gasteiger partial charge in [0.05, 0.1) is 34.0 Å². The summed E-state index contributed by atoms with van der Waals surface area (Å²) >= 11 is 0. The van der Waals surface area contributed by atoms with Crippen molar-refractivity contribution in [3.63, 3.8) is 0 Å². The van der Waals surface area contributed by atoms with Crippen LogP contribution in [0.1, 0.15) is 30.1 Å². The van der Waals surface area contributed by atoms with Gasteiger partial charge >= 0.3 is 0 Å². The van der Waals surface area contributed by atoms with E-state index in [1.807, 2.05) is 26.2 Å². The highest BCUT2D eigenvalue weighted by Gasteiger charge is 2.30. The molecule has 0 aliphatic carbocycles. The number of hydrogen-bond donors (Lipinski definition) is 0. The van der Waals surface area contributed by atoms with Crippen molar-refractivity contribution in [1.82, 2.24) is 24.5 Å². The van der Waals surface area contributed by atoms with E-state index in [2.05, 4.69) is 63.4 Å². The lowest BCUT2D eigenvalue weighted by atomic mass is 9.86. The molecule has 1 fully saturated rings. The number of benzene rings is 2. The van der Waals surface area contributed by atoms with Crippen LogP contribution in [0.4, 0.5) is 0 Å². The predicted molar refractivity (Wildman–Crippen MR) is 142 cm³/mol. The van der Waals surface area contributed by atoms with Crippen molar-refractivity contribution in [2.24, 2.45) is 13.0 Å². The third kappa shape index (κ3) is 3.85. The normalized spacial score (nSPS) is 16.5. The fourth-order valence-electron chi connectivity index (χ4n) is 5.66. The molecule has 0 amide bonds. The molecule has 0 N–H and O–H groups in total. The van der Waals surface area contributed by atoms with E-state index in [4.69, 9.17) is 9.72 Å². The van der Waals surface area contributed by atoms with Crippen molar-refractivity contribution in [2.45, 2.75) is 30.7 Å². The van der Waals surface area contributed by atoms with Gasteiger partial charge in [-0.15, -0.1) is 5.10 Å². The molecule has 0 spiro atoms. The Labute approximate surface area is 212 Å². The maximum atomic E-state index is 12.5. The Balaban J connectivity index is 1.69. The van der Waals surface area contributed by atoms with Crippen molar-refractivity contribution in [2.75, 3.05) is 19.5 Å². The molecule has 0 radical (unpaired) electrons. The van der Waals surface area contributed by atoms with Gasteiger partial charge in [0.2, 0.25) is 0 Å². The van der Waals surface area contributed by atoms with Crippen LogP contribution in [0.25, 0.3) is 33.2 Å². The molecule has 0 bridgehead atoms. The SMILES string of the molecule is Cc1nnn(C)c1-c1cnc2c3ccc([S@](C)=O)cc3n([C@H](c3ccccc3)C3CCOCC3)c2c1. The number of fused-ring (bicyclic) bond motifs is 3. The average molecular weight is 500 g/mol. The quantitative estimate of drug-likeness (QED) is 0.338. The van der Waals surface area contributed by atoms with E-state index in [1.54, 1.807) is 10.9 Å². The summed E-state index contributed by atoms with van der Waals surface area (Å²) in [6, 6.07) is 19.1. The average Bonchev–Trinajstić information content (AvgIpc) is 3.41. The summed E-state index contributed by atoms with van der Waals surface area (Å²) in [6.07, 6.45) is 5.61. The van der Waals surface area contributed by atoms with Gasteiger partial charge in [0.25, 0.3) is 0 Å². The van der Waals surface area contributed by atoms with E-state index in [0.717, 1.165) is 69.8 Å². The van der Waals surface area contributed by atoms with Crippen molar-refractivity contribution in [3.8, 4) is 11.3 Å². The number of aryl methyl sites for hydroxylation is 2. The molecule has 184 valence electrons. The molecular formula is C28H29N5O2S. The summed E-state index contributed by atoms with van der Waals surface area (Å²) < 4.78 is 22.5. The highest BCUT2D eigenvalue weighted by molar-refractivity contribution is 7.84. The maximum Gasteiger partial charge on any atom is 0.0960 e.